The SMILES string of the molecule is CC(CCCNC(N)=O)S(=O)(=O)c1ccc(N)cc1-c1ccccc1. The number of anilines is 1. The number of hydrogen-bond donors (Lipinski definition) is 3. The number of urea groups is 1. The Kier molecular flexibility index (Phi) is 6.03. The van der Waals surface area contributed by atoms with Gasteiger partial charge in [-0.25, -0.2) is 13.2 Å². The monoisotopic (exact) mass is 361 g/mol. The summed E-state index contributed by atoms with van der Waals surface area (Å²) in [5.41, 5.74) is 12.8. The van der Waals surface area contributed by atoms with Gasteiger partial charge in [0.2, 0.25) is 0 Å². The van der Waals surface area contributed by atoms with Crippen molar-refractivity contribution in [2.24, 2.45) is 5.73 Å². The fourth-order valence-corrected chi connectivity index (χ4v) is 4.26. The highest BCUT2D eigenvalue weighted by atomic mass is 32.2. The van der Waals surface area contributed by atoms with Crippen molar-refractivity contribution >= 4 is 21.6 Å². The number of carbonyl (C=O) groups excluding carboxylic acids is 1. The standard InChI is InChI=1S/C18H23N3O3S/c1-13(6-5-11-21-18(20)22)25(23,24)17-10-9-15(19)12-16(17)14-7-3-2-4-8-14/h2-4,7-10,12-13H,5-6,11,19H2,1H3,(H3,20,21,22). The number of carbonyl (C=O) groups is 1. The van der Waals surface area contributed by atoms with Crippen molar-refractivity contribution < 1.29 is 13.2 Å². The Morgan fingerprint density at radius 3 is 2.48 bits per heavy atom. The van der Waals surface area contributed by atoms with Gasteiger partial charge in [-0.05, 0) is 43.5 Å². The van der Waals surface area contributed by atoms with E-state index in [1.807, 2.05) is 30.3 Å². The smallest absolute Gasteiger partial charge is 0.312 e. The molecule has 1 unspecified atom stereocenters. The van der Waals surface area contributed by atoms with Gasteiger partial charge < -0.3 is 16.8 Å². The van der Waals surface area contributed by atoms with Gasteiger partial charge in [0, 0.05) is 17.8 Å². The molecule has 5 N–H and O–H groups in total. The molecule has 0 heterocycles. The lowest BCUT2D eigenvalue weighted by Crippen LogP contribution is -2.30. The number of rotatable bonds is 7. The van der Waals surface area contributed by atoms with E-state index < -0.39 is 21.1 Å². The minimum atomic E-state index is -3.53. The van der Waals surface area contributed by atoms with Crippen molar-refractivity contribution in [1.82, 2.24) is 5.32 Å². The molecule has 2 aromatic rings. The van der Waals surface area contributed by atoms with E-state index in [1.54, 1.807) is 25.1 Å². The summed E-state index contributed by atoms with van der Waals surface area (Å²) in [6.07, 6.45) is 0.945. The van der Waals surface area contributed by atoms with Gasteiger partial charge in [-0.3, -0.25) is 0 Å². The number of benzene rings is 2. The van der Waals surface area contributed by atoms with Crippen molar-refractivity contribution in [2.75, 3.05) is 12.3 Å². The van der Waals surface area contributed by atoms with Gasteiger partial charge in [0.15, 0.2) is 9.84 Å². The van der Waals surface area contributed by atoms with Gasteiger partial charge in [0.1, 0.15) is 0 Å². The molecule has 0 radical (unpaired) electrons. The van der Waals surface area contributed by atoms with Crippen LogP contribution in [0.5, 0.6) is 0 Å². The number of amides is 2. The van der Waals surface area contributed by atoms with E-state index in [0.717, 1.165) is 5.56 Å². The van der Waals surface area contributed by atoms with E-state index >= 15 is 0 Å². The third-order valence-electron chi connectivity index (χ3n) is 4.01. The normalized spacial score (nSPS) is 12.5. The second kappa shape index (κ2) is 8.02. The van der Waals surface area contributed by atoms with Crippen molar-refractivity contribution in [3.63, 3.8) is 0 Å². The molecular formula is C18H23N3O3S. The Hall–Kier alpha value is -2.54. The van der Waals surface area contributed by atoms with Gasteiger partial charge in [0.05, 0.1) is 10.1 Å². The third kappa shape index (κ3) is 4.73. The Bertz CT molecular complexity index is 836. The molecular weight excluding hydrogens is 338 g/mol. The average molecular weight is 361 g/mol. The molecule has 6 nitrogen and oxygen atoms in total. The molecule has 1 atom stereocenters. The van der Waals surface area contributed by atoms with Gasteiger partial charge in [-0.15, -0.1) is 0 Å². The molecule has 2 aromatic carbocycles. The number of nitrogen functional groups attached to an aromatic ring is 1. The van der Waals surface area contributed by atoms with Crippen LogP contribution in [-0.2, 0) is 9.84 Å². The van der Waals surface area contributed by atoms with E-state index in [0.29, 0.717) is 30.6 Å². The second-order valence-corrected chi connectivity index (χ2v) is 8.25. The maximum atomic E-state index is 13.0. The van der Waals surface area contributed by atoms with Gasteiger partial charge >= 0.3 is 6.03 Å². The fraction of sp³-hybridized carbons (Fsp3) is 0.278. The summed E-state index contributed by atoms with van der Waals surface area (Å²) in [5, 5.41) is 1.87. The van der Waals surface area contributed by atoms with Crippen LogP contribution in [0.3, 0.4) is 0 Å². The molecule has 0 aliphatic heterocycles. The average Bonchev–Trinajstić information content (AvgIpc) is 2.58. The van der Waals surface area contributed by atoms with E-state index in [2.05, 4.69) is 5.32 Å². The van der Waals surface area contributed by atoms with Crippen LogP contribution >= 0.6 is 0 Å². The third-order valence-corrected chi connectivity index (χ3v) is 6.28. The van der Waals surface area contributed by atoms with Crippen molar-refractivity contribution in [2.45, 2.75) is 29.9 Å². The van der Waals surface area contributed by atoms with Crippen molar-refractivity contribution in [3.05, 3.63) is 48.5 Å². The molecule has 0 bridgehead atoms. The Labute approximate surface area is 148 Å². The van der Waals surface area contributed by atoms with E-state index in [-0.39, 0.29) is 4.90 Å². The predicted molar refractivity (Wildman–Crippen MR) is 99.8 cm³/mol. The minimum Gasteiger partial charge on any atom is -0.399 e. The molecule has 25 heavy (non-hydrogen) atoms. The van der Waals surface area contributed by atoms with E-state index in [4.69, 9.17) is 11.5 Å². The Balaban J connectivity index is 2.28. The molecule has 0 fully saturated rings. The highest BCUT2D eigenvalue weighted by Crippen LogP contribution is 2.32. The lowest BCUT2D eigenvalue weighted by molar-refractivity contribution is 0.248. The van der Waals surface area contributed by atoms with E-state index in [9.17, 15) is 13.2 Å². The molecule has 0 aliphatic rings. The zero-order valence-corrected chi connectivity index (χ0v) is 14.9. The van der Waals surface area contributed by atoms with Crippen molar-refractivity contribution in [3.8, 4) is 11.1 Å². The van der Waals surface area contributed by atoms with Crippen LogP contribution in [0, 0.1) is 0 Å². The lowest BCUT2D eigenvalue weighted by Gasteiger charge is -2.17. The quantitative estimate of drug-likeness (QED) is 0.519. The Morgan fingerprint density at radius 1 is 1.16 bits per heavy atom. The second-order valence-electron chi connectivity index (χ2n) is 5.91. The van der Waals surface area contributed by atoms with Crippen LogP contribution in [0.1, 0.15) is 19.8 Å². The van der Waals surface area contributed by atoms with Crippen LogP contribution in [0.25, 0.3) is 11.1 Å². The maximum absolute atomic E-state index is 13.0. The zero-order valence-electron chi connectivity index (χ0n) is 14.1. The van der Waals surface area contributed by atoms with Gasteiger partial charge in [0.25, 0.3) is 0 Å². The van der Waals surface area contributed by atoms with Crippen LogP contribution in [0.2, 0.25) is 0 Å². The van der Waals surface area contributed by atoms with Crippen LogP contribution < -0.4 is 16.8 Å². The fourth-order valence-electron chi connectivity index (χ4n) is 2.61. The summed E-state index contributed by atoms with van der Waals surface area (Å²) in [4.78, 5) is 10.9. The summed E-state index contributed by atoms with van der Waals surface area (Å²) in [5.74, 6) is 0. The first-order valence-corrected chi connectivity index (χ1v) is 9.59. The molecule has 0 aliphatic carbocycles. The molecule has 0 saturated heterocycles. The molecule has 0 aromatic heterocycles. The van der Waals surface area contributed by atoms with Crippen LogP contribution in [-0.4, -0.2) is 26.2 Å². The number of nitrogens with two attached hydrogens (primary N) is 2. The number of hydrogen-bond acceptors (Lipinski definition) is 4. The first kappa shape index (κ1) is 18.8. The summed E-state index contributed by atoms with van der Waals surface area (Å²) < 4.78 is 26.0. The van der Waals surface area contributed by atoms with Crippen LogP contribution in [0.15, 0.2) is 53.4 Å². The molecule has 134 valence electrons. The van der Waals surface area contributed by atoms with Crippen LogP contribution in [0.4, 0.5) is 10.5 Å². The molecule has 2 rings (SSSR count). The minimum absolute atomic E-state index is 0.267. The summed E-state index contributed by atoms with van der Waals surface area (Å²) >= 11 is 0. The molecule has 0 saturated carbocycles. The summed E-state index contributed by atoms with van der Waals surface area (Å²) in [6, 6.07) is 13.5. The number of sulfone groups is 1. The lowest BCUT2D eigenvalue weighted by atomic mass is 10.1. The Morgan fingerprint density at radius 2 is 1.84 bits per heavy atom. The summed E-state index contributed by atoms with van der Waals surface area (Å²) in [7, 11) is -3.53. The number of primary amides is 1. The molecule has 0 spiro atoms. The first-order chi connectivity index (χ1) is 11.8. The van der Waals surface area contributed by atoms with Gasteiger partial charge in [-0.1, -0.05) is 30.3 Å². The molecule has 2 amide bonds. The van der Waals surface area contributed by atoms with E-state index in [1.165, 1.54) is 0 Å². The zero-order chi connectivity index (χ0) is 18.4. The van der Waals surface area contributed by atoms with Crippen molar-refractivity contribution in [1.29, 1.82) is 0 Å². The predicted octanol–water partition coefficient (Wildman–Crippen LogP) is 2.55. The highest BCUT2D eigenvalue weighted by Gasteiger charge is 2.26. The number of nitrogens with one attached hydrogen (secondary N) is 1. The van der Waals surface area contributed by atoms with Gasteiger partial charge in [-0.2, -0.15) is 0 Å². The summed E-state index contributed by atoms with van der Waals surface area (Å²) in [6.45, 7) is 2.02. The first-order valence-electron chi connectivity index (χ1n) is 8.04. The highest BCUT2D eigenvalue weighted by molar-refractivity contribution is 7.92. The topological polar surface area (TPSA) is 115 Å². The molecule has 7 heteroatoms. The largest absolute Gasteiger partial charge is 0.399 e. The maximum Gasteiger partial charge on any atom is 0.312 e.